The van der Waals surface area contributed by atoms with Crippen LogP contribution in [0, 0.1) is 0 Å². The maximum Gasteiger partial charge on any atom is 0.264 e. The average molecular weight is 509 g/mol. The van der Waals surface area contributed by atoms with Crippen LogP contribution in [0.1, 0.15) is 22.5 Å². The van der Waals surface area contributed by atoms with Crippen LogP contribution >= 0.6 is 27.3 Å². The van der Waals surface area contributed by atoms with Gasteiger partial charge in [0, 0.05) is 29.4 Å². The fraction of sp³-hybridized carbons (Fsp3) is 0.286. The Morgan fingerprint density at radius 2 is 2.00 bits per heavy atom. The third kappa shape index (κ3) is 4.39. The molecule has 0 radical (unpaired) electrons. The van der Waals surface area contributed by atoms with E-state index in [1.54, 1.807) is 42.5 Å². The van der Waals surface area contributed by atoms with Crippen LogP contribution in [0.5, 0.6) is 0 Å². The van der Waals surface area contributed by atoms with Crippen molar-refractivity contribution >= 4 is 59.0 Å². The van der Waals surface area contributed by atoms with Gasteiger partial charge in [0.1, 0.15) is 0 Å². The summed E-state index contributed by atoms with van der Waals surface area (Å²) in [6.07, 6.45) is 2.09. The number of thiophene rings is 1. The number of carbonyl (C=O) groups is 1. The number of benzene rings is 2. The molecule has 1 aliphatic heterocycles. The van der Waals surface area contributed by atoms with Crippen LogP contribution in [-0.4, -0.2) is 40.6 Å². The maximum atomic E-state index is 12.9. The Hall–Kier alpha value is -1.94. The van der Waals surface area contributed by atoms with E-state index in [0.717, 1.165) is 34.0 Å². The smallest absolute Gasteiger partial charge is 0.264 e. The summed E-state index contributed by atoms with van der Waals surface area (Å²) in [5.74, 6) is -0.135. The number of halogens is 1. The number of ether oxygens (including phenoxy) is 1. The maximum absolute atomic E-state index is 12.9. The van der Waals surface area contributed by atoms with Gasteiger partial charge in [0.2, 0.25) is 0 Å². The molecule has 1 atom stereocenters. The quantitative estimate of drug-likeness (QED) is 0.535. The summed E-state index contributed by atoms with van der Waals surface area (Å²) in [5.41, 5.74) is 0.537. The molecule has 9 heteroatoms. The Balaban J connectivity index is 1.54. The van der Waals surface area contributed by atoms with E-state index in [9.17, 15) is 13.2 Å². The highest BCUT2D eigenvalue weighted by molar-refractivity contribution is 9.10. The number of hydrogen-bond acceptors (Lipinski definition) is 5. The third-order valence-corrected chi connectivity index (χ3v) is 8.52. The van der Waals surface area contributed by atoms with Crippen LogP contribution in [-0.2, 0) is 14.8 Å². The number of nitrogens with zero attached hydrogens (tertiary/aromatic N) is 1. The number of amides is 1. The van der Waals surface area contributed by atoms with Crippen LogP contribution in [0.15, 0.2) is 57.9 Å². The highest BCUT2D eigenvalue weighted by Crippen LogP contribution is 2.31. The summed E-state index contributed by atoms with van der Waals surface area (Å²) in [5, 5.41) is 3.76. The highest BCUT2D eigenvalue weighted by atomic mass is 79.9. The molecule has 2 aromatic carbocycles. The number of sulfonamides is 1. The molecule has 1 aliphatic rings. The molecule has 1 saturated heterocycles. The molecule has 4 rings (SSSR count). The van der Waals surface area contributed by atoms with Crippen LogP contribution in [0.25, 0.3) is 10.1 Å². The van der Waals surface area contributed by atoms with Crippen molar-refractivity contribution in [1.82, 2.24) is 5.32 Å². The van der Waals surface area contributed by atoms with Crippen LogP contribution < -0.4 is 9.62 Å². The van der Waals surface area contributed by atoms with Crippen LogP contribution in [0.4, 0.5) is 5.69 Å². The number of rotatable bonds is 6. The van der Waals surface area contributed by atoms with Crippen LogP contribution in [0.2, 0.25) is 0 Å². The van der Waals surface area contributed by atoms with Gasteiger partial charge < -0.3 is 10.1 Å². The molecule has 3 aromatic rings. The summed E-state index contributed by atoms with van der Waals surface area (Å²) in [6.45, 7) is 1.26. The Labute approximate surface area is 188 Å². The molecule has 1 fully saturated rings. The van der Waals surface area contributed by atoms with E-state index in [1.807, 2.05) is 6.07 Å². The van der Waals surface area contributed by atoms with Gasteiger partial charge in [-0.25, -0.2) is 8.42 Å². The van der Waals surface area contributed by atoms with Crippen molar-refractivity contribution in [3.8, 4) is 0 Å². The molecule has 6 nitrogen and oxygen atoms in total. The van der Waals surface area contributed by atoms with Crippen molar-refractivity contribution < 1.29 is 17.9 Å². The van der Waals surface area contributed by atoms with Gasteiger partial charge in [-0.1, -0.05) is 15.9 Å². The first kappa shape index (κ1) is 21.3. The van der Waals surface area contributed by atoms with Gasteiger partial charge in [0.05, 0.1) is 21.6 Å². The van der Waals surface area contributed by atoms with Gasteiger partial charge in [-0.2, -0.15) is 0 Å². The zero-order valence-corrected chi connectivity index (χ0v) is 19.5. The average Bonchev–Trinajstić information content (AvgIpc) is 3.40. The minimum Gasteiger partial charge on any atom is -0.376 e. The number of anilines is 1. The first-order chi connectivity index (χ1) is 14.3. The lowest BCUT2D eigenvalue weighted by atomic mass is 10.2. The predicted molar refractivity (Wildman–Crippen MR) is 123 cm³/mol. The lowest BCUT2D eigenvalue weighted by molar-refractivity contribution is 0.0861. The SMILES string of the molecule is CN(c1ccc2sc(C(=O)NC[C@@H]3CCCO3)cc2c1)S(=O)(=O)c1ccc(Br)cc1. The van der Waals surface area contributed by atoms with E-state index in [-0.39, 0.29) is 16.9 Å². The molecule has 0 aliphatic carbocycles. The zero-order chi connectivity index (χ0) is 21.3. The van der Waals surface area contributed by atoms with E-state index >= 15 is 0 Å². The van der Waals surface area contributed by atoms with Crippen molar-refractivity contribution in [1.29, 1.82) is 0 Å². The second kappa shape index (κ2) is 8.66. The van der Waals surface area contributed by atoms with Gasteiger partial charge in [-0.3, -0.25) is 9.10 Å². The molecule has 0 unspecified atom stereocenters. The molecule has 0 saturated carbocycles. The first-order valence-corrected chi connectivity index (χ1v) is 12.6. The van der Waals surface area contributed by atoms with E-state index in [1.165, 1.54) is 22.7 Å². The Kier molecular flexibility index (Phi) is 6.15. The molecular formula is C21H21BrN2O4S2. The van der Waals surface area contributed by atoms with E-state index in [0.29, 0.717) is 17.1 Å². The molecule has 0 spiro atoms. The Morgan fingerprint density at radius 1 is 1.23 bits per heavy atom. The highest BCUT2D eigenvalue weighted by Gasteiger charge is 2.22. The molecular weight excluding hydrogens is 488 g/mol. The van der Waals surface area contributed by atoms with E-state index in [2.05, 4.69) is 21.2 Å². The molecule has 1 amide bonds. The van der Waals surface area contributed by atoms with Crippen molar-refractivity contribution in [2.75, 3.05) is 24.5 Å². The molecule has 1 aromatic heterocycles. The summed E-state index contributed by atoms with van der Waals surface area (Å²) in [4.78, 5) is 13.3. The second-order valence-electron chi connectivity index (χ2n) is 7.10. The lowest BCUT2D eigenvalue weighted by Crippen LogP contribution is -2.31. The molecule has 158 valence electrons. The molecule has 30 heavy (non-hydrogen) atoms. The van der Waals surface area contributed by atoms with Gasteiger partial charge in [0.15, 0.2) is 0 Å². The standard InChI is InChI=1S/C21H21BrN2O4S2/c1-24(30(26,27)18-7-4-15(22)5-8-18)16-6-9-19-14(11-16)12-20(29-19)21(25)23-13-17-3-2-10-28-17/h4-9,11-12,17H,2-3,10,13H2,1H3,(H,23,25)/t17-/m0/s1. The molecule has 1 N–H and O–H groups in total. The van der Waals surface area contributed by atoms with Crippen molar-refractivity contribution in [3.63, 3.8) is 0 Å². The fourth-order valence-corrected chi connectivity index (χ4v) is 5.75. The monoisotopic (exact) mass is 508 g/mol. The van der Waals surface area contributed by atoms with E-state index < -0.39 is 10.0 Å². The third-order valence-electron chi connectivity index (χ3n) is 5.07. The Bertz CT molecular complexity index is 1170. The fourth-order valence-electron chi connectivity index (χ4n) is 3.34. The zero-order valence-electron chi connectivity index (χ0n) is 16.3. The summed E-state index contributed by atoms with van der Waals surface area (Å²) < 4.78 is 34.4. The number of fused-ring (bicyclic) bond motifs is 1. The minimum atomic E-state index is -3.68. The minimum absolute atomic E-state index is 0.0902. The van der Waals surface area contributed by atoms with Crippen molar-refractivity contribution in [2.24, 2.45) is 0 Å². The number of nitrogens with one attached hydrogen (secondary N) is 1. The summed E-state index contributed by atoms with van der Waals surface area (Å²) in [7, 11) is -2.15. The topological polar surface area (TPSA) is 75.7 Å². The normalized spacial score (nSPS) is 16.7. The first-order valence-electron chi connectivity index (χ1n) is 9.52. The van der Waals surface area contributed by atoms with Gasteiger partial charge >= 0.3 is 0 Å². The lowest BCUT2D eigenvalue weighted by Gasteiger charge is -2.19. The summed E-state index contributed by atoms with van der Waals surface area (Å²) in [6, 6.07) is 13.7. The largest absolute Gasteiger partial charge is 0.376 e. The molecule has 2 heterocycles. The van der Waals surface area contributed by atoms with Crippen molar-refractivity contribution in [2.45, 2.75) is 23.8 Å². The Morgan fingerprint density at radius 3 is 2.70 bits per heavy atom. The van der Waals surface area contributed by atoms with Gasteiger partial charge in [-0.05, 0) is 66.8 Å². The van der Waals surface area contributed by atoms with Gasteiger partial charge in [0.25, 0.3) is 15.9 Å². The second-order valence-corrected chi connectivity index (χ2v) is 11.1. The van der Waals surface area contributed by atoms with Gasteiger partial charge in [-0.15, -0.1) is 11.3 Å². The predicted octanol–water partition coefficient (Wildman–Crippen LogP) is 4.40. The molecule has 0 bridgehead atoms. The van der Waals surface area contributed by atoms with E-state index in [4.69, 9.17) is 4.74 Å². The number of hydrogen-bond donors (Lipinski definition) is 1. The van der Waals surface area contributed by atoms with Crippen molar-refractivity contribution in [3.05, 3.63) is 57.9 Å². The number of carbonyl (C=O) groups excluding carboxylic acids is 1. The summed E-state index contributed by atoms with van der Waals surface area (Å²) >= 11 is 4.71. The van der Waals surface area contributed by atoms with Crippen LogP contribution in [0.3, 0.4) is 0 Å².